The molecule has 0 atom stereocenters. The lowest BCUT2D eigenvalue weighted by Gasteiger charge is -2.30. The van der Waals surface area contributed by atoms with Crippen LogP contribution in [0.2, 0.25) is 0 Å². The third kappa shape index (κ3) is 6.91. The van der Waals surface area contributed by atoms with E-state index in [1.54, 1.807) is 0 Å². The van der Waals surface area contributed by atoms with Gasteiger partial charge in [0.25, 0.3) is 0 Å². The average molecular weight is 1040 g/mol. The van der Waals surface area contributed by atoms with Crippen molar-refractivity contribution in [2.24, 2.45) is 10.8 Å². The van der Waals surface area contributed by atoms with Gasteiger partial charge in [0.05, 0.1) is 0 Å². The molecule has 0 aromatic heterocycles. The minimum atomic E-state index is -0.125. The Hall–Kier alpha value is -9.88. The maximum atomic E-state index is 2.51. The van der Waals surface area contributed by atoms with Crippen molar-refractivity contribution >= 4 is 142 Å². The lowest BCUT2D eigenvalue weighted by molar-refractivity contribution is 0.647. The number of allylic oxidation sites excluding steroid dienone is 8. The molecule has 0 N–H and O–H groups in total. The minimum Gasteiger partial charge on any atom is -0.0665 e. The summed E-state index contributed by atoms with van der Waals surface area (Å²) in [6.07, 6.45) is 14.7. The molecular weight excluding hydrogens is 985 g/mol. The van der Waals surface area contributed by atoms with Crippen LogP contribution in [0.3, 0.4) is 0 Å². The molecule has 0 spiro atoms. The predicted molar refractivity (Wildman–Crippen MR) is 355 cm³/mol. The summed E-state index contributed by atoms with van der Waals surface area (Å²) in [5.41, 5.74) is 10.6. The van der Waals surface area contributed by atoms with Crippen molar-refractivity contribution in [2.45, 2.75) is 27.7 Å². The van der Waals surface area contributed by atoms with Gasteiger partial charge in [0.2, 0.25) is 0 Å². The molecule has 18 rings (SSSR count). The molecule has 0 saturated heterocycles. The molecule has 0 bridgehead atoms. The number of fused-ring (bicyclic) bond motifs is 20. The van der Waals surface area contributed by atoms with Crippen molar-refractivity contribution in [2.75, 3.05) is 0 Å². The molecule has 4 aliphatic carbocycles. The van der Waals surface area contributed by atoms with Gasteiger partial charge >= 0.3 is 0 Å². The molecule has 0 saturated carbocycles. The molecule has 0 unspecified atom stereocenters. The summed E-state index contributed by atoms with van der Waals surface area (Å²) >= 11 is 0. The Kier molecular flexibility index (Phi) is 9.92. The topological polar surface area (TPSA) is 0 Å². The van der Waals surface area contributed by atoms with Crippen LogP contribution in [-0.2, 0) is 0 Å². The molecule has 14 aromatic carbocycles. The maximum absolute atomic E-state index is 2.51. The first kappa shape index (κ1) is 47.0. The molecule has 0 fully saturated rings. The number of hydrogen-bond acceptors (Lipinski definition) is 0. The summed E-state index contributed by atoms with van der Waals surface area (Å²) in [6, 6.07) is 85.2. The minimum absolute atomic E-state index is 0.125. The highest BCUT2D eigenvalue weighted by molar-refractivity contribution is 6.27. The summed E-state index contributed by atoms with van der Waals surface area (Å²) in [5.74, 6) is 0. The fourth-order valence-corrected chi connectivity index (χ4v) is 15.3. The van der Waals surface area contributed by atoms with Crippen LogP contribution in [0.15, 0.2) is 266 Å². The quantitative estimate of drug-likeness (QED) is 0.120. The van der Waals surface area contributed by atoms with Gasteiger partial charge in [0.15, 0.2) is 0 Å². The van der Waals surface area contributed by atoms with E-state index in [4.69, 9.17) is 0 Å². The standard InChI is InChI=1S/2C41H28/c2*1-41(2)24-29(39-30-13-5-3-11-25(30)19-26-12-4-6-14-31(26)39)21-28-20-27-22-37-34-17-9-7-15-32(34)33-16-8-10-18-35(33)38(37)23-36(27)40(28)41/h2*3-24H,1-2H3. The first-order valence-electron chi connectivity index (χ1n) is 29.0. The van der Waals surface area contributed by atoms with E-state index < -0.39 is 0 Å². The fraction of sp³-hybridized carbons (Fsp3) is 0.0732. The van der Waals surface area contributed by atoms with Crippen LogP contribution >= 0.6 is 0 Å². The van der Waals surface area contributed by atoms with Crippen LogP contribution in [0.1, 0.15) is 38.8 Å². The molecule has 0 amide bonds. The zero-order valence-corrected chi connectivity index (χ0v) is 46.4. The Morgan fingerprint density at radius 3 is 0.756 bits per heavy atom. The first-order chi connectivity index (χ1) is 40.1. The highest BCUT2D eigenvalue weighted by Crippen LogP contribution is 2.49. The summed E-state index contributed by atoms with van der Waals surface area (Å²) < 4.78 is 0. The van der Waals surface area contributed by atoms with Gasteiger partial charge < -0.3 is 0 Å². The van der Waals surface area contributed by atoms with Crippen molar-refractivity contribution in [1.29, 1.82) is 0 Å². The summed E-state index contributed by atoms with van der Waals surface area (Å²) in [4.78, 5) is 0. The Bertz CT molecular complexity index is 5210. The monoisotopic (exact) mass is 1040 g/mol. The third-order valence-corrected chi connectivity index (χ3v) is 18.6. The van der Waals surface area contributed by atoms with Gasteiger partial charge in [-0.15, -0.1) is 0 Å². The molecule has 0 radical (unpaired) electrons. The second-order valence-corrected chi connectivity index (χ2v) is 24.4. The Balaban J connectivity index is 0.000000130. The van der Waals surface area contributed by atoms with E-state index >= 15 is 0 Å². The van der Waals surface area contributed by atoms with Gasteiger partial charge in [-0.25, -0.2) is 0 Å². The van der Waals surface area contributed by atoms with E-state index in [-0.39, 0.29) is 10.8 Å². The van der Waals surface area contributed by atoms with E-state index in [9.17, 15) is 0 Å². The molecule has 0 aliphatic heterocycles. The normalized spacial score (nSPS) is 15.7. The van der Waals surface area contributed by atoms with Gasteiger partial charge in [-0.1, -0.05) is 234 Å². The van der Waals surface area contributed by atoms with E-state index in [0.717, 1.165) is 0 Å². The second-order valence-electron chi connectivity index (χ2n) is 24.4. The largest absolute Gasteiger partial charge is 0.0665 e. The number of hydrogen-bond donors (Lipinski definition) is 0. The van der Waals surface area contributed by atoms with E-state index in [0.29, 0.717) is 0 Å². The molecule has 82 heavy (non-hydrogen) atoms. The van der Waals surface area contributed by atoms with E-state index in [1.165, 1.54) is 173 Å². The summed E-state index contributed by atoms with van der Waals surface area (Å²) in [5, 5.41) is 31.7. The molecular formula is C82H56. The fourth-order valence-electron chi connectivity index (χ4n) is 15.3. The third-order valence-electron chi connectivity index (χ3n) is 18.6. The van der Waals surface area contributed by atoms with Gasteiger partial charge in [-0.2, -0.15) is 0 Å². The van der Waals surface area contributed by atoms with E-state index in [2.05, 4.69) is 295 Å². The number of rotatable bonds is 2. The zero-order chi connectivity index (χ0) is 54.6. The average Bonchev–Trinajstić information content (AvgIpc) is 4.01. The van der Waals surface area contributed by atoms with Crippen LogP contribution in [0, 0.1) is 10.8 Å². The van der Waals surface area contributed by atoms with Crippen molar-refractivity contribution < 1.29 is 0 Å². The second kappa shape index (κ2) is 17.3. The molecule has 0 nitrogen and oxygen atoms in total. The smallest absolute Gasteiger partial charge is 0.00966 e. The SMILES string of the molecule is CC1(C)C=C(c2c3ccccc3cc3ccccc23)C=C2C=c3cc4c5ccccc5c5ccccc5c4cc3=C21.CC1(C)C=C(c2c3ccccc3cc3ccccc23)C=C2C=c3cc4c5ccccc5c5ccccc5c4cc3=C21. The highest BCUT2D eigenvalue weighted by atomic mass is 14.4. The van der Waals surface area contributed by atoms with Gasteiger partial charge in [0.1, 0.15) is 0 Å². The maximum Gasteiger partial charge on any atom is 0.00966 e. The Morgan fingerprint density at radius 2 is 0.463 bits per heavy atom. The summed E-state index contributed by atoms with van der Waals surface area (Å²) in [6.45, 7) is 9.53. The van der Waals surface area contributed by atoms with Crippen LogP contribution in [-0.4, -0.2) is 0 Å². The first-order valence-corrected chi connectivity index (χ1v) is 29.0. The molecule has 384 valence electrons. The Labute approximate surface area is 475 Å². The van der Waals surface area contributed by atoms with Crippen LogP contribution < -0.4 is 20.9 Å². The Morgan fingerprint density at radius 1 is 0.220 bits per heavy atom. The molecule has 14 aromatic rings. The lowest BCUT2D eigenvalue weighted by Crippen LogP contribution is -2.28. The zero-order valence-electron chi connectivity index (χ0n) is 46.4. The van der Waals surface area contributed by atoms with Crippen LogP contribution in [0.5, 0.6) is 0 Å². The highest BCUT2D eigenvalue weighted by Gasteiger charge is 2.34. The van der Waals surface area contributed by atoms with Crippen molar-refractivity contribution in [3.8, 4) is 0 Å². The van der Waals surface area contributed by atoms with Crippen molar-refractivity contribution in [3.63, 3.8) is 0 Å². The van der Waals surface area contributed by atoms with Gasteiger partial charge in [-0.3, -0.25) is 0 Å². The molecule has 4 aliphatic rings. The van der Waals surface area contributed by atoms with Gasteiger partial charge in [-0.05, 0) is 234 Å². The summed E-state index contributed by atoms with van der Waals surface area (Å²) in [7, 11) is 0. The van der Waals surface area contributed by atoms with Crippen LogP contribution in [0.4, 0.5) is 0 Å². The molecule has 0 heteroatoms. The number of benzene rings is 14. The van der Waals surface area contributed by atoms with E-state index in [1.807, 2.05) is 0 Å². The van der Waals surface area contributed by atoms with Crippen LogP contribution in [0.25, 0.3) is 142 Å². The molecule has 0 heterocycles. The van der Waals surface area contributed by atoms with Crippen molar-refractivity contribution in [3.05, 3.63) is 298 Å². The van der Waals surface area contributed by atoms with Gasteiger partial charge in [0, 0.05) is 10.8 Å². The predicted octanol–water partition coefficient (Wildman–Crippen LogP) is 18.9. The van der Waals surface area contributed by atoms with Crippen molar-refractivity contribution in [1.82, 2.24) is 0 Å². The lowest BCUT2D eigenvalue weighted by atomic mass is 9.73.